The van der Waals surface area contributed by atoms with E-state index >= 15 is 0 Å². The Morgan fingerprint density at radius 3 is 2.67 bits per heavy atom. The van der Waals surface area contributed by atoms with Crippen molar-refractivity contribution < 1.29 is 14.3 Å². The lowest BCUT2D eigenvalue weighted by Crippen LogP contribution is -2.02. The van der Waals surface area contributed by atoms with Gasteiger partial charge in [0, 0.05) is 6.92 Å². The average molecular weight is 204 g/mol. The molecule has 1 rings (SSSR count). The number of ether oxygens (including phenoxy) is 1. The van der Waals surface area contributed by atoms with Gasteiger partial charge >= 0.3 is 5.97 Å². The smallest absolute Gasteiger partial charge is 0.308 e. The number of aldehydes is 1. The molecule has 0 saturated heterocycles. The van der Waals surface area contributed by atoms with Gasteiger partial charge in [-0.15, -0.1) is 0 Å². The fraction of sp³-hybridized carbons (Fsp3) is 0.167. The molecule has 0 heterocycles. The predicted molar refractivity (Wildman–Crippen MR) is 57.6 cm³/mol. The highest BCUT2D eigenvalue weighted by atomic mass is 16.5. The van der Waals surface area contributed by atoms with Crippen molar-refractivity contribution in [2.45, 2.75) is 13.8 Å². The summed E-state index contributed by atoms with van der Waals surface area (Å²) in [6.45, 7) is 3.20. The fourth-order valence-electron chi connectivity index (χ4n) is 1.20. The highest BCUT2D eigenvalue weighted by molar-refractivity contribution is 5.74. The summed E-state index contributed by atoms with van der Waals surface area (Å²) in [5, 5.41) is 0. The molecule has 0 aliphatic rings. The molecule has 0 bridgehead atoms. The number of esters is 1. The maximum Gasteiger partial charge on any atom is 0.308 e. The van der Waals surface area contributed by atoms with Gasteiger partial charge in [-0.1, -0.05) is 12.1 Å². The minimum Gasteiger partial charge on any atom is -0.426 e. The molecule has 0 aromatic heterocycles. The SMILES string of the molecule is CC(=O)Oc1ccc(/C=C/C=O)cc1C. The van der Waals surface area contributed by atoms with Crippen LogP contribution in [0.1, 0.15) is 18.1 Å². The van der Waals surface area contributed by atoms with E-state index in [2.05, 4.69) is 0 Å². The van der Waals surface area contributed by atoms with Crippen LogP contribution >= 0.6 is 0 Å². The van der Waals surface area contributed by atoms with Gasteiger partial charge < -0.3 is 4.74 Å². The van der Waals surface area contributed by atoms with Gasteiger partial charge in [-0.2, -0.15) is 0 Å². The number of hydrogen-bond acceptors (Lipinski definition) is 3. The standard InChI is InChI=1S/C12H12O3/c1-9-8-11(4-3-7-13)5-6-12(9)15-10(2)14/h3-8H,1-2H3/b4-3+. The van der Waals surface area contributed by atoms with Crippen LogP contribution in [0.15, 0.2) is 24.3 Å². The van der Waals surface area contributed by atoms with Crippen LogP contribution in [0, 0.1) is 6.92 Å². The molecule has 0 radical (unpaired) electrons. The molecule has 0 amide bonds. The van der Waals surface area contributed by atoms with Gasteiger partial charge in [0.1, 0.15) is 12.0 Å². The van der Waals surface area contributed by atoms with Crippen molar-refractivity contribution in [2.24, 2.45) is 0 Å². The van der Waals surface area contributed by atoms with Gasteiger partial charge in [-0.05, 0) is 36.3 Å². The number of rotatable bonds is 3. The average Bonchev–Trinajstić information content (AvgIpc) is 2.18. The van der Waals surface area contributed by atoms with Crippen LogP contribution in [-0.2, 0) is 9.59 Å². The van der Waals surface area contributed by atoms with Crippen LogP contribution in [0.2, 0.25) is 0 Å². The zero-order valence-corrected chi connectivity index (χ0v) is 8.69. The van der Waals surface area contributed by atoms with E-state index < -0.39 is 0 Å². The number of hydrogen-bond donors (Lipinski definition) is 0. The molecule has 0 fully saturated rings. The van der Waals surface area contributed by atoms with Crippen molar-refractivity contribution in [2.75, 3.05) is 0 Å². The summed E-state index contributed by atoms with van der Waals surface area (Å²) in [7, 11) is 0. The van der Waals surface area contributed by atoms with Gasteiger partial charge in [-0.3, -0.25) is 9.59 Å². The maximum atomic E-state index is 10.7. The Labute approximate surface area is 88.4 Å². The van der Waals surface area contributed by atoms with Crippen LogP contribution in [-0.4, -0.2) is 12.3 Å². The Morgan fingerprint density at radius 2 is 2.13 bits per heavy atom. The van der Waals surface area contributed by atoms with Crippen LogP contribution in [0.3, 0.4) is 0 Å². The van der Waals surface area contributed by atoms with E-state index in [-0.39, 0.29) is 5.97 Å². The molecule has 0 atom stereocenters. The lowest BCUT2D eigenvalue weighted by Gasteiger charge is -2.05. The second-order valence-electron chi connectivity index (χ2n) is 3.11. The lowest BCUT2D eigenvalue weighted by molar-refractivity contribution is -0.131. The molecule has 0 aliphatic heterocycles. The number of aryl methyl sites for hydroxylation is 1. The van der Waals surface area contributed by atoms with Crippen molar-refractivity contribution in [3.05, 3.63) is 35.4 Å². The highest BCUT2D eigenvalue weighted by Crippen LogP contribution is 2.19. The molecule has 1 aromatic rings. The summed E-state index contributed by atoms with van der Waals surface area (Å²) >= 11 is 0. The Morgan fingerprint density at radius 1 is 1.40 bits per heavy atom. The quantitative estimate of drug-likeness (QED) is 0.328. The normalized spacial score (nSPS) is 10.3. The van der Waals surface area contributed by atoms with E-state index in [9.17, 15) is 9.59 Å². The second kappa shape index (κ2) is 5.10. The molecule has 1 aromatic carbocycles. The van der Waals surface area contributed by atoms with Crippen molar-refractivity contribution in [3.63, 3.8) is 0 Å². The maximum absolute atomic E-state index is 10.7. The Balaban J connectivity index is 2.92. The largest absolute Gasteiger partial charge is 0.426 e. The van der Waals surface area contributed by atoms with Crippen LogP contribution < -0.4 is 4.74 Å². The third kappa shape index (κ3) is 3.38. The summed E-state index contributed by atoms with van der Waals surface area (Å²) in [4.78, 5) is 20.9. The van der Waals surface area contributed by atoms with Crippen molar-refractivity contribution in [1.82, 2.24) is 0 Å². The minimum absolute atomic E-state index is 0.339. The molecular formula is C12H12O3. The first kappa shape index (κ1) is 11.2. The van der Waals surface area contributed by atoms with Crippen LogP contribution in [0.5, 0.6) is 5.75 Å². The fourth-order valence-corrected chi connectivity index (χ4v) is 1.20. The lowest BCUT2D eigenvalue weighted by atomic mass is 10.1. The van der Waals surface area contributed by atoms with E-state index in [0.29, 0.717) is 5.75 Å². The van der Waals surface area contributed by atoms with E-state index in [4.69, 9.17) is 4.74 Å². The van der Waals surface area contributed by atoms with Gasteiger partial charge in [0.05, 0.1) is 0 Å². The number of benzene rings is 1. The molecule has 3 heteroatoms. The van der Waals surface area contributed by atoms with Crippen molar-refractivity contribution in [3.8, 4) is 5.75 Å². The van der Waals surface area contributed by atoms with E-state index in [1.807, 2.05) is 13.0 Å². The highest BCUT2D eigenvalue weighted by Gasteiger charge is 2.02. The number of carbonyl (C=O) groups excluding carboxylic acids is 2. The molecule has 0 spiro atoms. The molecular weight excluding hydrogens is 192 g/mol. The summed E-state index contributed by atoms with van der Waals surface area (Å²) in [5.41, 5.74) is 1.76. The first-order valence-electron chi connectivity index (χ1n) is 4.54. The van der Waals surface area contributed by atoms with Gasteiger partial charge in [0.15, 0.2) is 0 Å². The predicted octanol–water partition coefficient (Wildman–Crippen LogP) is 2.13. The summed E-state index contributed by atoms with van der Waals surface area (Å²) in [6, 6.07) is 5.34. The third-order valence-corrected chi connectivity index (χ3v) is 1.82. The van der Waals surface area contributed by atoms with Gasteiger partial charge in [0.25, 0.3) is 0 Å². The van der Waals surface area contributed by atoms with E-state index in [0.717, 1.165) is 17.4 Å². The first-order valence-corrected chi connectivity index (χ1v) is 4.54. The third-order valence-electron chi connectivity index (χ3n) is 1.82. The van der Waals surface area contributed by atoms with E-state index in [1.165, 1.54) is 13.0 Å². The molecule has 3 nitrogen and oxygen atoms in total. The van der Waals surface area contributed by atoms with Crippen molar-refractivity contribution >= 4 is 18.3 Å². The molecule has 0 aliphatic carbocycles. The Hall–Kier alpha value is -1.90. The monoisotopic (exact) mass is 204 g/mol. The Bertz CT molecular complexity index is 405. The van der Waals surface area contributed by atoms with Crippen LogP contribution in [0.4, 0.5) is 0 Å². The second-order valence-corrected chi connectivity index (χ2v) is 3.11. The topological polar surface area (TPSA) is 43.4 Å². The first-order chi connectivity index (χ1) is 7.13. The molecule has 0 unspecified atom stereocenters. The van der Waals surface area contributed by atoms with Crippen molar-refractivity contribution in [1.29, 1.82) is 0 Å². The Kier molecular flexibility index (Phi) is 3.80. The molecule has 0 N–H and O–H groups in total. The number of carbonyl (C=O) groups is 2. The summed E-state index contributed by atoms with van der Waals surface area (Å²) in [5.74, 6) is 0.208. The summed E-state index contributed by atoms with van der Waals surface area (Å²) < 4.78 is 4.97. The molecule has 0 saturated carbocycles. The molecule has 78 valence electrons. The van der Waals surface area contributed by atoms with Gasteiger partial charge in [0.2, 0.25) is 0 Å². The van der Waals surface area contributed by atoms with Gasteiger partial charge in [-0.25, -0.2) is 0 Å². The molecule has 15 heavy (non-hydrogen) atoms. The zero-order chi connectivity index (χ0) is 11.3. The zero-order valence-electron chi connectivity index (χ0n) is 8.69. The minimum atomic E-state index is -0.339. The van der Waals surface area contributed by atoms with Crippen LogP contribution in [0.25, 0.3) is 6.08 Å². The van der Waals surface area contributed by atoms with E-state index in [1.54, 1.807) is 18.2 Å². The number of allylic oxidation sites excluding steroid dienone is 1. The summed E-state index contributed by atoms with van der Waals surface area (Å²) in [6.07, 6.45) is 3.83.